The van der Waals surface area contributed by atoms with Crippen molar-refractivity contribution in [3.8, 4) is 0 Å². The van der Waals surface area contributed by atoms with E-state index in [-0.39, 0.29) is 23.2 Å². The van der Waals surface area contributed by atoms with Gasteiger partial charge in [0.25, 0.3) is 0 Å². The fourth-order valence-electron chi connectivity index (χ4n) is 1.37. The first kappa shape index (κ1) is 17.3. The number of nitrogens with one attached hydrogen (secondary N) is 1. The number of alkyl halides is 3. The predicted molar refractivity (Wildman–Crippen MR) is 70.8 cm³/mol. The first-order valence-electron chi connectivity index (χ1n) is 5.60. The minimum atomic E-state index is -4.38. The third kappa shape index (κ3) is 5.70. The van der Waals surface area contributed by atoms with E-state index in [2.05, 4.69) is 4.72 Å². The van der Waals surface area contributed by atoms with Crippen LogP contribution in [0.2, 0.25) is 0 Å². The van der Waals surface area contributed by atoms with Gasteiger partial charge >= 0.3 is 5.51 Å². The molecule has 0 aliphatic rings. The second-order valence-electron chi connectivity index (χ2n) is 3.94. The summed E-state index contributed by atoms with van der Waals surface area (Å²) in [6, 6.07) is 5.61. The van der Waals surface area contributed by atoms with E-state index in [1.54, 1.807) is 6.07 Å². The summed E-state index contributed by atoms with van der Waals surface area (Å²) < 4.78 is 61.5. The predicted octanol–water partition coefficient (Wildman–Crippen LogP) is 2.27. The van der Waals surface area contributed by atoms with E-state index in [0.717, 1.165) is 0 Å². The molecule has 0 spiro atoms. The minimum Gasteiger partial charge on any atom is -0.389 e. The van der Waals surface area contributed by atoms with E-state index in [1.165, 1.54) is 25.1 Å². The monoisotopic (exact) mass is 329 g/mol. The lowest BCUT2D eigenvalue weighted by Crippen LogP contribution is -2.26. The van der Waals surface area contributed by atoms with Crippen molar-refractivity contribution in [3.05, 3.63) is 29.8 Å². The minimum absolute atomic E-state index is 0.0899. The van der Waals surface area contributed by atoms with Gasteiger partial charge in [0, 0.05) is 12.3 Å². The number of hydrogen-bond donors (Lipinski definition) is 2. The summed E-state index contributed by atoms with van der Waals surface area (Å²) in [7, 11) is -3.88. The molecule has 9 heteroatoms. The van der Waals surface area contributed by atoms with E-state index in [0.29, 0.717) is 5.56 Å². The van der Waals surface area contributed by atoms with E-state index >= 15 is 0 Å². The fraction of sp³-hybridized carbons (Fsp3) is 0.455. The summed E-state index contributed by atoms with van der Waals surface area (Å²) in [4.78, 5) is -0.0899. The van der Waals surface area contributed by atoms with Gasteiger partial charge in [-0.2, -0.15) is 13.2 Å². The van der Waals surface area contributed by atoms with Crippen molar-refractivity contribution < 1.29 is 26.7 Å². The maximum Gasteiger partial charge on any atom is 0.441 e. The molecule has 0 saturated carbocycles. The lowest BCUT2D eigenvalue weighted by atomic mass is 10.1. The Labute approximate surface area is 119 Å². The summed E-state index contributed by atoms with van der Waals surface area (Å²) in [5.74, 6) is -0.404. The molecule has 2 N–H and O–H groups in total. The first-order valence-corrected chi connectivity index (χ1v) is 8.07. The van der Waals surface area contributed by atoms with Gasteiger partial charge in [-0.1, -0.05) is 12.1 Å². The van der Waals surface area contributed by atoms with Gasteiger partial charge in [0.2, 0.25) is 10.0 Å². The molecule has 1 rings (SSSR count). The Kier molecular flexibility index (Phi) is 5.87. The summed E-state index contributed by atoms with van der Waals surface area (Å²) >= 11 is -0.289. The maximum atomic E-state index is 11.9. The molecule has 0 aliphatic carbocycles. The quantitative estimate of drug-likeness (QED) is 0.786. The van der Waals surface area contributed by atoms with Crippen molar-refractivity contribution in [3.63, 3.8) is 0 Å². The summed E-state index contributed by atoms with van der Waals surface area (Å²) in [6.07, 6.45) is -0.828. The first-order chi connectivity index (χ1) is 9.12. The zero-order valence-electron chi connectivity index (χ0n) is 10.5. The fourth-order valence-corrected chi connectivity index (χ4v) is 3.02. The molecular formula is C11H14F3NO3S2. The number of hydrogen-bond acceptors (Lipinski definition) is 4. The van der Waals surface area contributed by atoms with Crippen LogP contribution in [0, 0.1) is 0 Å². The average molecular weight is 329 g/mol. The summed E-state index contributed by atoms with van der Waals surface area (Å²) in [5.41, 5.74) is -3.96. The van der Waals surface area contributed by atoms with Crippen LogP contribution in [-0.4, -0.2) is 31.3 Å². The molecule has 0 bridgehead atoms. The smallest absolute Gasteiger partial charge is 0.389 e. The molecule has 0 amide bonds. The number of sulfonamides is 1. The highest BCUT2D eigenvalue weighted by atomic mass is 32.2. The number of aliphatic hydroxyl groups excluding tert-OH is 1. The number of thioether (sulfide) groups is 1. The molecule has 0 heterocycles. The Balaban J connectivity index is 2.67. The highest BCUT2D eigenvalue weighted by molar-refractivity contribution is 8.00. The normalized spacial score (nSPS) is 14.2. The molecule has 0 aromatic heterocycles. The molecule has 4 nitrogen and oxygen atoms in total. The third-order valence-corrected chi connectivity index (χ3v) is 4.50. The van der Waals surface area contributed by atoms with Crippen molar-refractivity contribution in [2.45, 2.75) is 23.4 Å². The van der Waals surface area contributed by atoms with Crippen LogP contribution in [0.1, 0.15) is 18.6 Å². The second-order valence-corrected chi connectivity index (χ2v) is 6.87. The molecule has 0 aliphatic heterocycles. The van der Waals surface area contributed by atoms with Gasteiger partial charge in [-0.25, -0.2) is 13.1 Å². The second kappa shape index (κ2) is 6.79. The molecule has 1 aromatic carbocycles. The average Bonchev–Trinajstić information content (AvgIpc) is 2.34. The van der Waals surface area contributed by atoms with Crippen LogP contribution in [0.15, 0.2) is 29.2 Å². The SMILES string of the molecule is CC(O)c1cccc(S(=O)(=O)NCCSC(F)(F)F)c1. The highest BCUT2D eigenvalue weighted by Crippen LogP contribution is 2.29. The Morgan fingerprint density at radius 1 is 1.40 bits per heavy atom. The Bertz CT molecular complexity index is 544. The van der Waals surface area contributed by atoms with Gasteiger partial charge < -0.3 is 5.11 Å². The van der Waals surface area contributed by atoms with E-state index < -0.39 is 27.4 Å². The van der Waals surface area contributed by atoms with Crippen LogP contribution < -0.4 is 4.72 Å². The van der Waals surface area contributed by atoms with Crippen molar-refractivity contribution in [2.24, 2.45) is 0 Å². The standard InChI is InChI=1S/C11H14F3NO3S2/c1-8(16)9-3-2-4-10(7-9)20(17,18)15-5-6-19-11(12,13)14/h2-4,7-8,15-16H,5-6H2,1H3. The van der Waals surface area contributed by atoms with E-state index in [1.807, 2.05) is 0 Å². The van der Waals surface area contributed by atoms with Crippen LogP contribution >= 0.6 is 11.8 Å². The van der Waals surface area contributed by atoms with Crippen LogP contribution in [0.5, 0.6) is 0 Å². The lowest BCUT2D eigenvalue weighted by molar-refractivity contribution is -0.0327. The van der Waals surface area contributed by atoms with Gasteiger partial charge in [0.1, 0.15) is 0 Å². The van der Waals surface area contributed by atoms with E-state index in [9.17, 15) is 26.7 Å². The summed E-state index contributed by atoms with van der Waals surface area (Å²) in [5, 5.41) is 9.37. The highest BCUT2D eigenvalue weighted by Gasteiger charge is 2.27. The van der Waals surface area contributed by atoms with Crippen LogP contribution in [0.25, 0.3) is 0 Å². The zero-order chi connectivity index (χ0) is 15.4. The summed E-state index contributed by atoms with van der Waals surface area (Å²) in [6.45, 7) is 1.16. The molecule has 0 radical (unpaired) electrons. The van der Waals surface area contributed by atoms with E-state index in [4.69, 9.17) is 0 Å². The molecule has 0 saturated heterocycles. The molecular weight excluding hydrogens is 315 g/mol. The molecule has 0 fully saturated rings. The van der Waals surface area contributed by atoms with Crippen LogP contribution in [-0.2, 0) is 10.0 Å². The maximum absolute atomic E-state index is 11.9. The van der Waals surface area contributed by atoms with Gasteiger partial charge in [0.15, 0.2) is 0 Å². The van der Waals surface area contributed by atoms with Gasteiger partial charge in [0.05, 0.1) is 11.0 Å². The van der Waals surface area contributed by atoms with Crippen molar-refractivity contribution in [2.75, 3.05) is 12.3 Å². The molecule has 1 atom stereocenters. The van der Waals surface area contributed by atoms with Gasteiger partial charge in [-0.3, -0.25) is 0 Å². The topological polar surface area (TPSA) is 66.4 Å². The molecule has 1 unspecified atom stereocenters. The largest absolute Gasteiger partial charge is 0.441 e. The molecule has 20 heavy (non-hydrogen) atoms. The number of benzene rings is 1. The van der Waals surface area contributed by atoms with Crippen LogP contribution in [0.4, 0.5) is 13.2 Å². The van der Waals surface area contributed by atoms with Crippen molar-refractivity contribution in [1.29, 1.82) is 0 Å². The number of aliphatic hydroxyl groups is 1. The van der Waals surface area contributed by atoms with Crippen LogP contribution in [0.3, 0.4) is 0 Å². The third-order valence-electron chi connectivity index (χ3n) is 2.31. The Morgan fingerprint density at radius 3 is 2.60 bits per heavy atom. The Morgan fingerprint density at radius 2 is 2.05 bits per heavy atom. The van der Waals surface area contributed by atoms with Crippen molar-refractivity contribution in [1.82, 2.24) is 4.72 Å². The van der Waals surface area contributed by atoms with Gasteiger partial charge in [-0.05, 0) is 36.4 Å². The van der Waals surface area contributed by atoms with Crippen molar-refractivity contribution >= 4 is 21.8 Å². The number of halogens is 3. The molecule has 114 valence electrons. The Hall–Kier alpha value is -0.770. The zero-order valence-corrected chi connectivity index (χ0v) is 12.1. The number of rotatable bonds is 6. The van der Waals surface area contributed by atoms with Gasteiger partial charge in [-0.15, -0.1) is 0 Å². The molecule has 1 aromatic rings. The lowest BCUT2D eigenvalue weighted by Gasteiger charge is -2.10.